The van der Waals surface area contributed by atoms with Gasteiger partial charge in [0, 0.05) is 24.7 Å². The zero-order valence-corrected chi connectivity index (χ0v) is 21.7. The van der Waals surface area contributed by atoms with Gasteiger partial charge in [0.2, 0.25) is 15.9 Å². The molecule has 0 bridgehead atoms. The number of aryl methyl sites for hydroxylation is 4. The Morgan fingerprint density at radius 3 is 2.39 bits per heavy atom. The first-order chi connectivity index (χ1) is 17.1. The van der Waals surface area contributed by atoms with Crippen LogP contribution >= 0.6 is 0 Å². The number of rotatable bonds is 6. The van der Waals surface area contributed by atoms with Crippen molar-refractivity contribution in [2.75, 3.05) is 18.4 Å². The van der Waals surface area contributed by atoms with Crippen LogP contribution in [0.5, 0.6) is 0 Å². The summed E-state index contributed by atoms with van der Waals surface area (Å²) in [6, 6.07) is 9.84. The SMILES string of the molecule is Cc1cc(C)c(/C=C/c2onc(C)c2S(=O)(=O)N2CCC(C(=O)Nc3cccc(F)c3)CC2)c(C)c1. The smallest absolute Gasteiger partial charge is 0.248 e. The molecule has 7 nitrogen and oxygen atoms in total. The molecule has 190 valence electrons. The molecule has 1 fully saturated rings. The van der Waals surface area contributed by atoms with E-state index in [-0.39, 0.29) is 41.3 Å². The number of carbonyl (C=O) groups is 1. The van der Waals surface area contributed by atoms with E-state index in [1.807, 2.05) is 26.8 Å². The van der Waals surface area contributed by atoms with E-state index in [0.717, 1.165) is 22.3 Å². The van der Waals surface area contributed by atoms with Crippen molar-refractivity contribution in [1.82, 2.24) is 9.46 Å². The largest absolute Gasteiger partial charge is 0.355 e. The maximum absolute atomic E-state index is 13.5. The number of nitrogens with one attached hydrogen (secondary N) is 1. The predicted octanol–water partition coefficient (Wildman–Crippen LogP) is 5.26. The van der Waals surface area contributed by atoms with Crippen LogP contribution in [0.1, 0.15) is 46.5 Å². The molecule has 1 saturated heterocycles. The third-order valence-corrected chi connectivity index (χ3v) is 8.54. The molecule has 2 heterocycles. The average Bonchev–Trinajstić information content (AvgIpc) is 3.19. The van der Waals surface area contributed by atoms with E-state index >= 15 is 0 Å². The fourth-order valence-corrected chi connectivity index (χ4v) is 6.43. The van der Waals surface area contributed by atoms with Crippen LogP contribution in [-0.2, 0) is 14.8 Å². The molecule has 0 spiro atoms. The lowest BCUT2D eigenvalue weighted by atomic mass is 9.97. The Balaban J connectivity index is 1.48. The lowest BCUT2D eigenvalue weighted by molar-refractivity contribution is -0.120. The zero-order valence-electron chi connectivity index (χ0n) is 20.8. The van der Waals surface area contributed by atoms with Crippen LogP contribution in [0.3, 0.4) is 0 Å². The van der Waals surface area contributed by atoms with E-state index in [4.69, 9.17) is 4.52 Å². The molecule has 4 rings (SSSR count). The quantitative estimate of drug-likeness (QED) is 0.488. The summed E-state index contributed by atoms with van der Waals surface area (Å²) in [5.41, 5.74) is 5.01. The van der Waals surface area contributed by atoms with Crippen LogP contribution in [-0.4, -0.2) is 36.9 Å². The second kappa shape index (κ2) is 10.4. The van der Waals surface area contributed by atoms with Crippen molar-refractivity contribution in [3.05, 3.63) is 75.9 Å². The van der Waals surface area contributed by atoms with Crippen LogP contribution in [0, 0.1) is 39.4 Å². The molecule has 3 aromatic rings. The van der Waals surface area contributed by atoms with Gasteiger partial charge in [-0.2, -0.15) is 4.31 Å². The lowest BCUT2D eigenvalue weighted by Crippen LogP contribution is -2.41. The Kier molecular flexibility index (Phi) is 7.42. The molecular formula is C27H30FN3O4S. The summed E-state index contributed by atoms with van der Waals surface area (Å²) in [6.45, 7) is 8.04. The molecule has 1 N–H and O–H groups in total. The minimum Gasteiger partial charge on any atom is -0.355 e. The first-order valence-electron chi connectivity index (χ1n) is 11.8. The molecule has 1 amide bonds. The van der Waals surface area contributed by atoms with Crippen molar-refractivity contribution in [2.24, 2.45) is 5.92 Å². The van der Waals surface area contributed by atoms with Crippen molar-refractivity contribution in [2.45, 2.75) is 45.4 Å². The van der Waals surface area contributed by atoms with Crippen LogP contribution in [0.25, 0.3) is 12.2 Å². The van der Waals surface area contributed by atoms with Gasteiger partial charge in [-0.1, -0.05) is 35.0 Å². The van der Waals surface area contributed by atoms with Gasteiger partial charge < -0.3 is 9.84 Å². The van der Waals surface area contributed by atoms with Gasteiger partial charge in [0.25, 0.3) is 0 Å². The van der Waals surface area contributed by atoms with Crippen LogP contribution < -0.4 is 5.32 Å². The number of hydrogen-bond acceptors (Lipinski definition) is 5. The highest BCUT2D eigenvalue weighted by molar-refractivity contribution is 7.89. The van der Waals surface area contributed by atoms with Gasteiger partial charge in [0.1, 0.15) is 11.5 Å². The maximum Gasteiger partial charge on any atom is 0.248 e. The first kappa shape index (κ1) is 25.8. The van der Waals surface area contributed by atoms with Gasteiger partial charge in [-0.25, -0.2) is 12.8 Å². The number of carbonyl (C=O) groups excluding carboxylic acids is 1. The number of aromatic nitrogens is 1. The number of nitrogens with zero attached hydrogens (tertiary/aromatic N) is 2. The third-order valence-electron chi connectivity index (χ3n) is 6.49. The van der Waals surface area contributed by atoms with Crippen LogP contribution in [0.4, 0.5) is 10.1 Å². The minimum absolute atomic E-state index is 0.0452. The number of anilines is 1. The summed E-state index contributed by atoms with van der Waals surface area (Å²) in [5, 5.41) is 6.63. The molecular weight excluding hydrogens is 481 g/mol. The van der Waals surface area contributed by atoms with Gasteiger partial charge in [-0.05, 0) is 81.5 Å². The third kappa shape index (κ3) is 5.42. The molecule has 1 aliphatic heterocycles. The Bertz CT molecular complexity index is 1400. The highest BCUT2D eigenvalue weighted by Gasteiger charge is 2.36. The topological polar surface area (TPSA) is 92.5 Å². The first-order valence-corrected chi connectivity index (χ1v) is 13.3. The van der Waals surface area contributed by atoms with Gasteiger partial charge in [-0.15, -0.1) is 0 Å². The Morgan fingerprint density at radius 1 is 1.08 bits per heavy atom. The molecule has 0 saturated carbocycles. The van der Waals surface area contributed by atoms with Crippen LogP contribution in [0.15, 0.2) is 45.8 Å². The zero-order chi connectivity index (χ0) is 26.0. The second-order valence-corrected chi connectivity index (χ2v) is 11.2. The van der Waals surface area contributed by atoms with E-state index in [1.54, 1.807) is 19.1 Å². The summed E-state index contributed by atoms with van der Waals surface area (Å²) in [7, 11) is -3.88. The van der Waals surface area contributed by atoms with E-state index in [2.05, 4.69) is 22.6 Å². The normalized spacial score (nSPS) is 15.5. The van der Waals surface area contributed by atoms with Gasteiger partial charge in [0.15, 0.2) is 10.7 Å². The molecule has 36 heavy (non-hydrogen) atoms. The van der Waals surface area contributed by atoms with Gasteiger partial charge >= 0.3 is 0 Å². The van der Waals surface area contributed by atoms with Crippen molar-refractivity contribution in [1.29, 1.82) is 0 Å². The van der Waals surface area contributed by atoms with E-state index in [1.165, 1.54) is 22.5 Å². The highest BCUT2D eigenvalue weighted by Crippen LogP contribution is 2.30. The molecule has 1 aliphatic rings. The molecule has 0 unspecified atom stereocenters. The summed E-state index contributed by atoms with van der Waals surface area (Å²) in [5.74, 6) is -0.866. The minimum atomic E-state index is -3.88. The monoisotopic (exact) mass is 511 g/mol. The number of sulfonamides is 1. The molecule has 0 radical (unpaired) electrons. The summed E-state index contributed by atoms with van der Waals surface area (Å²) in [6.07, 6.45) is 4.22. The lowest BCUT2D eigenvalue weighted by Gasteiger charge is -2.30. The Morgan fingerprint density at radius 2 is 1.75 bits per heavy atom. The summed E-state index contributed by atoms with van der Waals surface area (Å²) < 4.78 is 47.2. The fourth-order valence-electron chi connectivity index (χ4n) is 4.71. The Labute approximate surface area is 211 Å². The maximum atomic E-state index is 13.5. The van der Waals surface area contributed by atoms with Crippen molar-refractivity contribution in [3.8, 4) is 0 Å². The molecule has 1 aromatic heterocycles. The van der Waals surface area contributed by atoms with Crippen molar-refractivity contribution in [3.63, 3.8) is 0 Å². The Hall–Kier alpha value is -3.30. The second-order valence-electron chi connectivity index (χ2n) is 9.29. The number of piperidine rings is 1. The van der Waals surface area contributed by atoms with Crippen molar-refractivity contribution >= 4 is 33.8 Å². The standard InChI is InChI=1S/C27H30FN3O4S/c1-17-14-18(2)24(19(3)15-17)8-9-25-26(20(4)30-35-25)36(33,34)31-12-10-21(11-13-31)27(32)29-23-7-5-6-22(28)16-23/h5-9,14-16,21H,10-13H2,1-4H3,(H,29,32)/b9-8+. The molecule has 0 atom stereocenters. The molecule has 0 aliphatic carbocycles. The van der Waals surface area contributed by atoms with E-state index < -0.39 is 15.8 Å². The molecule has 2 aromatic carbocycles. The van der Waals surface area contributed by atoms with Crippen LogP contribution in [0.2, 0.25) is 0 Å². The number of halogens is 1. The summed E-state index contributed by atoms with van der Waals surface area (Å²) >= 11 is 0. The number of hydrogen-bond donors (Lipinski definition) is 1. The predicted molar refractivity (Wildman–Crippen MR) is 137 cm³/mol. The van der Waals surface area contributed by atoms with Crippen molar-refractivity contribution < 1.29 is 22.1 Å². The average molecular weight is 512 g/mol. The number of amides is 1. The van der Waals surface area contributed by atoms with Gasteiger partial charge in [-0.3, -0.25) is 4.79 Å². The van der Waals surface area contributed by atoms with Gasteiger partial charge in [0.05, 0.1) is 0 Å². The fraction of sp³-hybridized carbons (Fsp3) is 0.333. The van der Waals surface area contributed by atoms with E-state index in [0.29, 0.717) is 18.5 Å². The summed E-state index contributed by atoms with van der Waals surface area (Å²) in [4.78, 5) is 12.7. The van der Waals surface area contributed by atoms with E-state index in [9.17, 15) is 17.6 Å². The molecule has 9 heteroatoms. The number of benzene rings is 2. The highest BCUT2D eigenvalue weighted by atomic mass is 32.2.